The van der Waals surface area contributed by atoms with Gasteiger partial charge in [0.25, 0.3) is 0 Å². The summed E-state index contributed by atoms with van der Waals surface area (Å²) in [5, 5.41) is 14.8. The van der Waals surface area contributed by atoms with E-state index in [-0.39, 0.29) is 12.0 Å². The molecule has 2 rings (SSSR count). The molecule has 1 unspecified atom stereocenters. The molecule has 1 aliphatic carbocycles. The van der Waals surface area contributed by atoms with E-state index < -0.39 is 11.7 Å². The minimum absolute atomic E-state index is 0.0887. The van der Waals surface area contributed by atoms with E-state index >= 15 is 0 Å². The third kappa shape index (κ3) is 4.71. The maximum Gasteiger partial charge on any atom is 0.407 e. The fourth-order valence-corrected chi connectivity index (χ4v) is 3.47. The zero-order valence-electron chi connectivity index (χ0n) is 13.0. The van der Waals surface area contributed by atoms with Crippen molar-refractivity contribution in [2.75, 3.05) is 13.2 Å². The molecule has 0 bridgehead atoms. The van der Waals surface area contributed by atoms with E-state index in [4.69, 9.17) is 4.74 Å². The van der Waals surface area contributed by atoms with Crippen molar-refractivity contribution < 1.29 is 14.6 Å². The summed E-state index contributed by atoms with van der Waals surface area (Å²) >= 11 is 1.70. The molecule has 1 amide bonds. The normalized spacial score (nSPS) is 18.1. The maximum atomic E-state index is 11.9. The van der Waals surface area contributed by atoms with Gasteiger partial charge in [-0.15, -0.1) is 11.3 Å². The predicted octanol–water partition coefficient (Wildman–Crippen LogP) is 3.20. The van der Waals surface area contributed by atoms with Crippen molar-refractivity contribution in [1.29, 1.82) is 0 Å². The summed E-state index contributed by atoms with van der Waals surface area (Å²) in [6.45, 7) is 6.08. The third-order valence-electron chi connectivity index (χ3n) is 3.85. The minimum atomic E-state index is -0.501. The molecular formula is C16H25NO3S. The number of aliphatic hydroxyl groups is 1. The highest BCUT2D eigenvalue weighted by Gasteiger charge is 2.45. The molecule has 2 N–H and O–H groups in total. The van der Waals surface area contributed by atoms with Crippen LogP contribution in [0.3, 0.4) is 0 Å². The summed E-state index contributed by atoms with van der Waals surface area (Å²) in [6, 6.07) is 4.11. The van der Waals surface area contributed by atoms with Crippen LogP contribution in [0.15, 0.2) is 17.5 Å². The lowest BCUT2D eigenvalue weighted by atomic mass is 9.79. The first kappa shape index (κ1) is 16.3. The Labute approximate surface area is 130 Å². The highest BCUT2D eigenvalue weighted by molar-refractivity contribution is 7.09. The second-order valence-electron chi connectivity index (χ2n) is 6.91. The predicted molar refractivity (Wildman–Crippen MR) is 84.5 cm³/mol. The standard InChI is InChI=1S/C16H25NO3S/c1-15(2,3)20-14(19)17-10-16(11-18,12-6-7-12)9-13-5-4-8-21-13/h4-5,8,12,18H,6-7,9-11H2,1-3H3,(H,17,19). The van der Waals surface area contributed by atoms with Crippen LogP contribution in [0.1, 0.15) is 38.5 Å². The van der Waals surface area contributed by atoms with E-state index in [0.29, 0.717) is 12.5 Å². The third-order valence-corrected chi connectivity index (χ3v) is 4.72. The molecule has 1 aromatic rings. The number of nitrogens with one attached hydrogen (secondary N) is 1. The number of aliphatic hydroxyl groups excluding tert-OH is 1. The molecule has 0 aliphatic heterocycles. The molecule has 21 heavy (non-hydrogen) atoms. The molecule has 118 valence electrons. The minimum Gasteiger partial charge on any atom is -0.444 e. The smallest absolute Gasteiger partial charge is 0.407 e. The number of rotatable bonds is 6. The summed E-state index contributed by atoms with van der Waals surface area (Å²) in [7, 11) is 0. The number of amides is 1. The number of carbonyl (C=O) groups excluding carboxylic acids is 1. The Morgan fingerprint density at radius 3 is 2.67 bits per heavy atom. The van der Waals surface area contributed by atoms with Crippen molar-refractivity contribution in [3.05, 3.63) is 22.4 Å². The average Bonchev–Trinajstić information content (AvgIpc) is 3.12. The molecule has 0 spiro atoms. The van der Waals surface area contributed by atoms with Gasteiger partial charge in [-0.3, -0.25) is 0 Å². The molecule has 0 radical (unpaired) electrons. The van der Waals surface area contributed by atoms with Gasteiger partial charge in [0.2, 0.25) is 0 Å². The quantitative estimate of drug-likeness (QED) is 0.848. The van der Waals surface area contributed by atoms with Gasteiger partial charge < -0.3 is 15.2 Å². The van der Waals surface area contributed by atoms with Gasteiger partial charge in [0.05, 0.1) is 6.61 Å². The fourth-order valence-electron chi connectivity index (χ4n) is 2.61. The Balaban J connectivity index is 1.98. The Morgan fingerprint density at radius 2 is 2.19 bits per heavy atom. The van der Waals surface area contributed by atoms with Gasteiger partial charge in [-0.2, -0.15) is 0 Å². The summed E-state index contributed by atoms with van der Waals surface area (Å²) in [5.41, 5.74) is -0.763. The highest BCUT2D eigenvalue weighted by Crippen LogP contribution is 2.47. The number of hydrogen-bond acceptors (Lipinski definition) is 4. The largest absolute Gasteiger partial charge is 0.444 e. The van der Waals surface area contributed by atoms with Crippen LogP contribution in [0.25, 0.3) is 0 Å². The van der Waals surface area contributed by atoms with Crippen LogP contribution >= 0.6 is 11.3 Å². The van der Waals surface area contributed by atoms with Crippen molar-refractivity contribution in [1.82, 2.24) is 5.32 Å². The summed E-state index contributed by atoms with van der Waals surface area (Å²) in [5.74, 6) is 0.486. The SMILES string of the molecule is CC(C)(C)OC(=O)NCC(CO)(Cc1cccs1)C1CC1. The van der Waals surface area contributed by atoms with Gasteiger partial charge in [-0.1, -0.05) is 6.07 Å². The monoisotopic (exact) mass is 311 g/mol. The molecule has 1 fully saturated rings. The van der Waals surface area contributed by atoms with Gasteiger partial charge in [0.15, 0.2) is 0 Å². The first-order valence-corrected chi connectivity index (χ1v) is 8.33. The zero-order valence-corrected chi connectivity index (χ0v) is 13.8. The van der Waals surface area contributed by atoms with Gasteiger partial charge in [-0.05, 0) is 57.4 Å². The lowest BCUT2D eigenvalue weighted by molar-refractivity contribution is 0.0441. The fraction of sp³-hybridized carbons (Fsp3) is 0.688. The molecule has 1 heterocycles. The zero-order chi connectivity index (χ0) is 15.5. The lowest BCUT2D eigenvalue weighted by Crippen LogP contribution is -2.44. The molecular weight excluding hydrogens is 286 g/mol. The maximum absolute atomic E-state index is 11.9. The number of alkyl carbamates (subject to hydrolysis) is 1. The average molecular weight is 311 g/mol. The van der Waals surface area contributed by atoms with Crippen LogP contribution in [-0.4, -0.2) is 30.0 Å². The topological polar surface area (TPSA) is 58.6 Å². The molecule has 5 heteroatoms. The van der Waals surface area contributed by atoms with E-state index in [0.717, 1.165) is 19.3 Å². The number of thiophene rings is 1. The van der Waals surface area contributed by atoms with Crippen LogP contribution in [0.5, 0.6) is 0 Å². The first-order chi connectivity index (χ1) is 9.85. The van der Waals surface area contributed by atoms with E-state index in [1.165, 1.54) is 4.88 Å². The number of ether oxygens (including phenoxy) is 1. The second kappa shape index (κ2) is 6.36. The Kier molecular flexibility index (Phi) is 4.94. The van der Waals surface area contributed by atoms with Crippen LogP contribution in [0.2, 0.25) is 0 Å². The molecule has 1 aliphatic rings. The molecule has 1 aromatic heterocycles. The van der Waals surface area contributed by atoms with E-state index in [1.54, 1.807) is 11.3 Å². The second-order valence-corrected chi connectivity index (χ2v) is 7.94. The summed E-state index contributed by atoms with van der Waals surface area (Å²) < 4.78 is 5.28. The van der Waals surface area contributed by atoms with Crippen molar-refractivity contribution in [2.24, 2.45) is 11.3 Å². The van der Waals surface area contributed by atoms with Gasteiger partial charge in [0, 0.05) is 16.8 Å². The molecule has 0 saturated heterocycles. The summed E-state index contributed by atoms with van der Waals surface area (Å²) in [6.07, 6.45) is 2.65. The molecule has 0 aromatic carbocycles. The Bertz CT molecular complexity index is 462. The van der Waals surface area contributed by atoms with E-state index in [1.807, 2.05) is 32.2 Å². The molecule has 4 nitrogen and oxygen atoms in total. The van der Waals surface area contributed by atoms with Crippen molar-refractivity contribution in [2.45, 2.75) is 45.6 Å². The molecule has 1 saturated carbocycles. The number of hydrogen-bond donors (Lipinski definition) is 2. The number of carbonyl (C=O) groups is 1. The van der Waals surface area contributed by atoms with Crippen molar-refractivity contribution in [3.8, 4) is 0 Å². The first-order valence-electron chi connectivity index (χ1n) is 7.45. The van der Waals surface area contributed by atoms with Crippen LogP contribution in [0, 0.1) is 11.3 Å². The highest BCUT2D eigenvalue weighted by atomic mass is 32.1. The van der Waals surface area contributed by atoms with Gasteiger partial charge in [-0.25, -0.2) is 4.79 Å². The van der Waals surface area contributed by atoms with Crippen LogP contribution in [-0.2, 0) is 11.2 Å². The van der Waals surface area contributed by atoms with Crippen LogP contribution < -0.4 is 5.32 Å². The summed E-state index contributed by atoms with van der Waals surface area (Å²) in [4.78, 5) is 13.1. The van der Waals surface area contributed by atoms with Crippen molar-refractivity contribution >= 4 is 17.4 Å². The van der Waals surface area contributed by atoms with Crippen molar-refractivity contribution in [3.63, 3.8) is 0 Å². The lowest BCUT2D eigenvalue weighted by Gasteiger charge is -2.32. The van der Waals surface area contributed by atoms with E-state index in [9.17, 15) is 9.90 Å². The molecule has 1 atom stereocenters. The Hall–Kier alpha value is -1.07. The van der Waals surface area contributed by atoms with E-state index in [2.05, 4.69) is 11.4 Å². The Morgan fingerprint density at radius 1 is 1.48 bits per heavy atom. The van der Waals surface area contributed by atoms with Gasteiger partial charge >= 0.3 is 6.09 Å². The van der Waals surface area contributed by atoms with Gasteiger partial charge in [0.1, 0.15) is 5.60 Å². The van der Waals surface area contributed by atoms with Crippen LogP contribution in [0.4, 0.5) is 4.79 Å².